The maximum atomic E-state index is 12.4. The van der Waals surface area contributed by atoms with E-state index in [1.54, 1.807) is 21.0 Å². The normalized spacial score (nSPS) is 10.7. The van der Waals surface area contributed by atoms with E-state index in [-0.39, 0.29) is 24.9 Å². The van der Waals surface area contributed by atoms with Gasteiger partial charge in [-0.15, -0.1) is 10.2 Å². The van der Waals surface area contributed by atoms with Crippen LogP contribution in [0.5, 0.6) is 11.5 Å². The van der Waals surface area contributed by atoms with E-state index >= 15 is 0 Å². The summed E-state index contributed by atoms with van der Waals surface area (Å²) < 4.78 is 17.8. The van der Waals surface area contributed by atoms with Crippen molar-refractivity contribution in [1.29, 1.82) is 0 Å². The maximum absolute atomic E-state index is 12.4. The van der Waals surface area contributed by atoms with Crippen LogP contribution in [0.4, 0.5) is 5.13 Å². The minimum absolute atomic E-state index is 0.116. The van der Waals surface area contributed by atoms with Crippen molar-refractivity contribution < 1.29 is 23.8 Å². The number of rotatable bonds is 11. The van der Waals surface area contributed by atoms with Crippen molar-refractivity contribution in [2.75, 3.05) is 24.8 Å². The summed E-state index contributed by atoms with van der Waals surface area (Å²) in [4.78, 5) is 28.9. The fourth-order valence-electron chi connectivity index (χ4n) is 2.79. The van der Waals surface area contributed by atoms with Crippen LogP contribution >= 0.6 is 23.1 Å². The highest BCUT2D eigenvalue weighted by atomic mass is 32.2. The minimum Gasteiger partial charge on any atom is -0.497 e. The lowest BCUT2D eigenvalue weighted by Gasteiger charge is -2.09. The quantitative estimate of drug-likeness (QED) is 0.317. The van der Waals surface area contributed by atoms with Gasteiger partial charge in [0.05, 0.1) is 25.2 Å². The van der Waals surface area contributed by atoms with Crippen LogP contribution in [0.25, 0.3) is 0 Å². The van der Waals surface area contributed by atoms with E-state index in [2.05, 4.69) is 20.5 Å². The SMILES string of the molecule is CCOC(=O)c1sc(NC(=O)CSc2nnc(COc3ccc(OC)cc3)n2CC)nc1C. The largest absolute Gasteiger partial charge is 0.497 e. The van der Waals surface area contributed by atoms with E-state index in [0.717, 1.165) is 17.1 Å². The van der Waals surface area contributed by atoms with E-state index in [0.29, 0.717) is 39.0 Å². The molecule has 0 spiro atoms. The number of anilines is 1. The van der Waals surface area contributed by atoms with Crippen molar-refractivity contribution in [3.05, 3.63) is 40.7 Å². The van der Waals surface area contributed by atoms with Gasteiger partial charge in [-0.1, -0.05) is 23.1 Å². The Morgan fingerprint density at radius 1 is 1.15 bits per heavy atom. The Labute approximate surface area is 199 Å². The van der Waals surface area contributed by atoms with Crippen LogP contribution in [0.3, 0.4) is 0 Å². The molecule has 0 saturated carbocycles. The standard InChI is InChI=1S/C21H25N5O5S2/c1-5-26-16(11-31-15-9-7-14(29-4)8-10-15)24-25-21(26)32-12-17(27)23-20-22-13(3)18(33-20)19(28)30-6-2/h7-10H,5-6,11-12H2,1-4H3,(H,22,23,27). The van der Waals surface area contributed by atoms with Gasteiger partial charge in [-0.25, -0.2) is 9.78 Å². The molecule has 12 heteroatoms. The Balaban J connectivity index is 1.55. The number of hydrogen-bond donors (Lipinski definition) is 1. The van der Waals surface area contributed by atoms with Gasteiger partial charge >= 0.3 is 5.97 Å². The summed E-state index contributed by atoms with van der Waals surface area (Å²) in [6.07, 6.45) is 0. The molecular weight excluding hydrogens is 466 g/mol. The predicted molar refractivity (Wildman–Crippen MR) is 125 cm³/mol. The van der Waals surface area contributed by atoms with E-state index in [4.69, 9.17) is 14.2 Å². The van der Waals surface area contributed by atoms with E-state index < -0.39 is 5.97 Å². The Morgan fingerprint density at radius 2 is 1.88 bits per heavy atom. The van der Waals surface area contributed by atoms with Crippen molar-refractivity contribution in [1.82, 2.24) is 19.7 Å². The number of nitrogens with one attached hydrogen (secondary N) is 1. The third kappa shape index (κ3) is 6.45. The molecular formula is C21H25N5O5S2. The van der Waals surface area contributed by atoms with E-state index in [9.17, 15) is 9.59 Å². The summed E-state index contributed by atoms with van der Waals surface area (Å²) in [7, 11) is 1.61. The van der Waals surface area contributed by atoms with Gasteiger partial charge in [0, 0.05) is 6.54 Å². The number of benzene rings is 1. The molecule has 1 N–H and O–H groups in total. The second-order valence-corrected chi connectivity index (χ2v) is 8.54. The lowest BCUT2D eigenvalue weighted by Crippen LogP contribution is -2.14. The van der Waals surface area contributed by atoms with Crippen molar-refractivity contribution in [3.63, 3.8) is 0 Å². The molecule has 0 radical (unpaired) electrons. The maximum Gasteiger partial charge on any atom is 0.350 e. The van der Waals surface area contributed by atoms with Crippen LogP contribution in [-0.4, -0.2) is 51.1 Å². The van der Waals surface area contributed by atoms with Gasteiger partial charge in [-0.05, 0) is 45.0 Å². The zero-order valence-electron chi connectivity index (χ0n) is 18.8. The number of carbonyl (C=O) groups excluding carboxylic acids is 2. The highest BCUT2D eigenvalue weighted by Gasteiger charge is 2.18. The van der Waals surface area contributed by atoms with Crippen molar-refractivity contribution in [3.8, 4) is 11.5 Å². The number of esters is 1. The number of thioether (sulfide) groups is 1. The second kappa shape index (κ2) is 11.7. The summed E-state index contributed by atoms with van der Waals surface area (Å²) in [6.45, 7) is 6.56. The van der Waals surface area contributed by atoms with Gasteiger partial charge in [0.15, 0.2) is 16.1 Å². The Morgan fingerprint density at radius 3 is 2.55 bits per heavy atom. The summed E-state index contributed by atoms with van der Waals surface area (Å²) in [5, 5.41) is 12.1. The van der Waals surface area contributed by atoms with Crippen LogP contribution in [0.1, 0.15) is 35.0 Å². The number of amides is 1. The van der Waals surface area contributed by atoms with Gasteiger partial charge in [-0.2, -0.15) is 0 Å². The molecule has 0 bridgehead atoms. The van der Waals surface area contributed by atoms with Crippen LogP contribution in [0.15, 0.2) is 29.4 Å². The first-order valence-electron chi connectivity index (χ1n) is 10.2. The first-order chi connectivity index (χ1) is 15.9. The summed E-state index contributed by atoms with van der Waals surface area (Å²) in [5.41, 5.74) is 0.522. The Bertz CT molecular complexity index is 1100. The molecule has 3 aromatic rings. The number of carbonyl (C=O) groups is 2. The third-order valence-corrected chi connectivity index (χ3v) is 6.39. The van der Waals surface area contributed by atoms with Gasteiger partial charge in [-0.3, -0.25) is 4.79 Å². The molecule has 0 fully saturated rings. The summed E-state index contributed by atoms with van der Waals surface area (Å²) in [5.74, 6) is 1.52. The highest BCUT2D eigenvalue weighted by Crippen LogP contribution is 2.25. The first kappa shape index (κ1) is 24.5. The van der Waals surface area contributed by atoms with Gasteiger partial charge < -0.3 is 24.1 Å². The molecule has 0 aliphatic carbocycles. The fourth-order valence-corrected chi connectivity index (χ4v) is 4.49. The zero-order chi connectivity index (χ0) is 23.8. The van der Waals surface area contributed by atoms with E-state index in [1.165, 1.54) is 11.8 Å². The molecule has 10 nitrogen and oxygen atoms in total. The molecule has 0 aliphatic heterocycles. The molecule has 1 amide bonds. The lowest BCUT2D eigenvalue weighted by atomic mass is 10.3. The van der Waals surface area contributed by atoms with Crippen molar-refractivity contribution >= 4 is 40.1 Å². The molecule has 2 aromatic heterocycles. The smallest absolute Gasteiger partial charge is 0.350 e. The van der Waals surface area contributed by atoms with E-state index in [1.807, 2.05) is 35.8 Å². The number of ether oxygens (including phenoxy) is 3. The molecule has 176 valence electrons. The minimum atomic E-state index is -0.442. The van der Waals surface area contributed by atoms with Crippen molar-refractivity contribution in [2.45, 2.75) is 39.1 Å². The van der Waals surface area contributed by atoms with Crippen LogP contribution in [0, 0.1) is 6.92 Å². The summed E-state index contributed by atoms with van der Waals surface area (Å²) in [6, 6.07) is 7.27. The molecule has 1 aromatic carbocycles. The van der Waals surface area contributed by atoms with Gasteiger partial charge in [0.25, 0.3) is 0 Å². The first-order valence-corrected chi connectivity index (χ1v) is 12.0. The topological polar surface area (TPSA) is 117 Å². The van der Waals surface area contributed by atoms with Gasteiger partial charge in [0.2, 0.25) is 5.91 Å². The molecule has 0 aliphatic rings. The molecule has 2 heterocycles. The number of methoxy groups -OCH3 is 1. The van der Waals surface area contributed by atoms with Crippen molar-refractivity contribution in [2.24, 2.45) is 0 Å². The number of aromatic nitrogens is 4. The number of thiazole rings is 1. The molecule has 33 heavy (non-hydrogen) atoms. The third-order valence-electron chi connectivity index (χ3n) is 4.37. The zero-order valence-corrected chi connectivity index (χ0v) is 20.4. The molecule has 0 saturated heterocycles. The molecule has 0 unspecified atom stereocenters. The monoisotopic (exact) mass is 491 g/mol. The summed E-state index contributed by atoms with van der Waals surface area (Å²) >= 11 is 2.35. The fraction of sp³-hybridized carbons (Fsp3) is 0.381. The number of aryl methyl sites for hydroxylation is 1. The highest BCUT2D eigenvalue weighted by molar-refractivity contribution is 7.99. The number of hydrogen-bond acceptors (Lipinski definition) is 10. The average molecular weight is 492 g/mol. The Hall–Kier alpha value is -3.12. The lowest BCUT2D eigenvalue weighted by molar-refractivity contribution is -0.113. The number of nitrogens with zero attached hydrogens (tertiary/aromatic N) is 4. The molecule has 0 atom stereocenters. The Kier molecular flexibility index (Phi) is 8.66. The predicted octanol–water partition coefficient (Wildman–Crippen LogP) is 3.56. The van der Waals surface area contributed by atoms with Crippen LogP contribution < -0.4 is 14.8 Å². The van der Waals surface area contributed by atoms with Gasteiger partial charge in [0.1, 0.15) is 23.0 Å². The second-order valence-electron chi connectivity index (χ2n) is 6.60. The average Bonchev–Trinajstić information content (AvgIpc) is 3.38. The van der Waals surface area contributed by atoms with Crippen LogP contribution in [-0.2, 0) is 22.7 Å². The molecule has 3 rings (SSSR count). The van der Waals surface area contributed by atoms with Crippen LogP contribution in [0.2, 0.25) is 0 Å².